The molecule has 1 saturated heterocycles. The van der Waals surface area contributed by atoms with E-state index in [-0.39, 0.29) is 12.0 Å². The maximum absolute atomic E-state index is 11.8. The summed E-state index contributed by atoms with van der Waals surface area (Å²) in [5, 5.41) is 7.46. The first-order valence-electron chi connectivity index (χ1n) is 7.87. The number of carbonyl (C=O) groups is 1. The molecule has 1 N–H and O–H groups in total. The van der Waals surface area contributed by atoms with Crippen molar-refractivity contribution in [3.8, 4) is 5.69 Å². The first kappa shape index (κ1) is 16.1. The Morgan fingerprint density at radius 3 is 3.00 bits per heavy atom. The van der Waals surface area contributed by atoms with Crippen LogP contribution in [-0.2, 0) is 15.3 Å². The SMILES string of the molecule is O=C(CSCc1ccn(-c2ccccc2)n1)NCC1CCCO1. The van der Waals surface area contributed by atoms with Crippen LogP contribution in [0.5, 0.6) is 0 Å². The fourth-order valence-electron chi connectivity index (χ4n) is 2.50. The Morgan fingerprint density at radius 1 is 1.35 bits per heavy atom. The Kier molecular flexibility index (Phi) is 5.71. The third kappa shape index (κ3) is 4.84. The van der Waals surface area contributed by atoms with Gasteiger partial charge in [0.1, 0.15) is 0 Å². The Morgan fingerprint density at radius 2 is 2.22 bits per heavy atom. The van der Waals surface area contributed by atoms with Crippen molar-refractivity contribution in [1.29, 1.82) is 0 Å². The van der Waals surface area contributed by atoms with Gasteiger partial charge in [-0.3, -0.25) is 4.79 Å². The number of nitrogens with one attached hydrogen (secondary N) is 1. The lowest BCUT2D eigenvalue weighted by Crippen LogP contribution is -2.32. The van der Waals surface area contributed by atoms with Crippen LogP contribution >= 0.6 is 11.8 Å². The van der Waals surface area contributed by atoms with Gasteiger partial charge in [-0.2, -0.15) is 5.10 Å². The maximum Gasteiger partial charge on any atom is 0.230 e. The monoisotopic (exact) mass is 331 g/mol. The number of ether oxygens (including phenoxy) is 1. The van der Waals surface area contributed by atoms with Crippen molar-refractivity contribution in [3.05, 3.63) is 48.3 Å². The number of carbonyl (C=O) groups excluding carboxylic acids is 1. The smallest absolute Gasteiger partial charge is 0.230 e. The Balaban J connectivity index is 1.39. The third-order valence-corrected chi connectivity index (χ3v) is 4.67. The van der Waals surface area contributed by atoms with E-state index in [0.717, 1.165) is 36.6 Å². The summed E-state index contributed by atoms with van der Waals surface area (Å²) in [5.74, 6) is 1.24. The van der Waals surface area contributed by atoms with Gasteiger partial charge < -0.3 is 10.1 Å². The van der Waals surface area contributed by atoms with Crippen molar-refractivity contribution in [3.63, 3.8) is 0 Å². The van der Waals surface area contributed by atoms with Gasteiger partial charge in [0.25, 0.3) is 0 Å². The van der Waals surface area contributed by atoms with Gasteiger partial charge in [0, 0.05) is 25.1 Å². The molecule has 2 heterocycles. The van der Waals surface area contributed by atoms with Gasteiger partial charge in [0.05, 0.1) is 23.2 Å². The number of para-hydroxylation sites is 1. The van der Waals surface area contributed by atoms with Crippen LogP contribution in [0.4, 0.5) is 0 Å². The molecule has 0 aliphatic carbocycles. The molecule has 122 valence electrons. The lowest BCUT2D eigenvalue weighted by Gasteiger charge is -2.10. The van der Waals surface area contributed by atoms with E-state index in [9.17, 15) is 4.79 Å². The van der Waals surface area contributed by atoms with E-state index in [4.69, 9.17) is 4.74 Å². The summed E-state index contributed by atoms with van der Waals surface area (Å²) in [4.78, 5) is 11.8. The van der Waals surface area contributed by atoms with Gasteiger partial charge in [-0.1, -0.05) is 18.2 Å². The number of nitrogens with zero attached hydrogens (tertiary/aromatic N) is 2. The second-order valence-corrected chi connectivity index (χ2v) is 6.50. The van der Waals surface area contributed by atoms with Crippen molar-refractivity contribution < 1.29 is 9.53 Å². The second kappa shape index (κ2) is 8.17. The number of hydrogen-bond acceptors (Lipinski definition) is 4. The van der Waals surface area contributed by atoms with Gasteiger partial charge in [-0.15, -0.1) is 11.8 Å². The van der Waals surface area contributed by atoms with E-state index in [1.165, 1.54) is 0 Å². The topological polar surface area (TPSA) is 56.2 Å². The summed E-state index contributed by atoms with van der Waals surface area (Å²) < 4.78 is 7.34. The van der Waals surface area contributed by atoms with E-state index in [1.54, 1.807) is 11.8 Å². The number of thioether (sulfide) groups is 1. The summed E-state index contributed by atoms with van der Waals surface area (Å²) in [7, 11) is 0. The van der Waals surface area contributed by atoms with E-state index in [2.05, 4.69) is 10.4 Å². The molecule has 1 aromatic carbocycles. The average Bonchev–Trinajstić information content (AvgIpc) is 3.26. The number of amides is 1. The zero-order valence-corrected chi connectivity index (χ0v) is 13.8. The first-order chi connectivity index (χ1) is 11.3. The molecule has 1 aliphatic heterocycles. The molecule has 3 rings (SSSR count). The summed E-state index contributed by atoms with van der Waals surface area (Å²) >= 11 is 1.58. The predicted molar refractivity (Wildman–Crippen MR) is 91.7 cm³/mol. The number of benzene rings is 1. The van der Waals surface area contributed by atoms with Crippen LogP contribution in [0.25, 0.3) is 5.69 Å². The van der Waals surface area contributed by atoms with E-state index in [0.29, 0.717) is 12.3 Å². The van der Waals surface area contributed by atoms with Crippen molar-refractivity contribution in [1.82, 2.24) is 15.1 Å². The Labute approximate surface area is 140 Å². The summed E-state index contributed by atoms with van der Waals surface area (Å²) in [5.41, 5.74) is 2.02. The van der Waals surface area contributed by atoms with Crippen LogP contribution in [0.1, 0.15) is 18.5 Å². The highest BCUT2D eigenvalue weighted by atomic mass is 32.2. The van der Waals surface area contributed by atoms with Crippen LogP contribution in [0.15, 0.2) is 42.6 Å². The zero-order chi connectivity index (χ0) is 15.9. The molecule has 1 aromatic heterocycles. The molecule has 6 heteroatoms. The molecule has 23 heavy (non-hydrogen) atoms. The van der Waals surface area contributed by atoms with E-state index < -0.39 is 0 Å². The fraction of sp³-hybridized carbons (Fsp3) is 0.412. The third-order valence-electron chi connectivity index (χ3n) is 3.70. The fourth-order valence-corrected chi connectivity index (χ4v) is 3.25. The van der Waals surface area contributed by atoms with Crippen LogP contribution in [0, 0.1) is 0 Å². The van der Waals surface area contributed by atoms with Crippen LogP contribution in [0.3, 0.4) is 0 Å². The minimum Gasteiger partial charge on any atom is -0.376 e. The number of rotatable bonds is 7. The average molecular weight is 331 g/mol. The predicted octanol–water partition coefficient (Wildman–Crippen LogP) is 2.40. The molecular formula is C17H21N3O2S. The molecular weight excluding hydrogens is 310 g/mol. The highest BCUT2D eigenvalue weighted by Gasteiger charge is 2.16. The largest absolute Gasteiger partial charge is 0.376 e. The molecule has 0 bridgehead atoms. The van der Waals surface area contributed by atoms with Crippen LogP contribution < -0.4 is 5.32 Å². The molecule has 0 saturated carbocycles. The molecule has 0 spiro atoms. The lowest BCUT2D eigenvalue weighted by molar-refractivity contribution is -0.119. The van der Waals surface area contributed by atoms with Crippen LogP contribution in [0.2, 0.25) is 0 Å². The van der Waals surface area contributed by atoms with Gasteiger partial charge in [-0.05, 0) is 31.0 Å². The van der Waals surface area contributed by atoms with Gasteiger partial charge in [0.2, 0.25) is 5.91 Å². The van der Waals surface area contributed by atoms with E-state index >= 15 is 0 Å². The maximum atomic E-state index is 11.8. The lowest BCUT2D eigenvalue weighted by atomic mass is 10.2. The molecule has 5 nitrogen and oxygen atoms in total. The van der Waals surface area contributed by atoms with Gasteiger partial charge >= 0.3 is 0 Å². The molecule has 2 aromatic rings. The van der Waals surface area contributed by atoms with Crippen molar-refractivity contribution in [2.24, 2.45) is 0 Å². The second-order valence-electron chi connectivity index (χ2n) is 5.52. The summed E-state index contributed by atoms with van der Waals surface area (Å²) in [6.45, 7) is 1.45. The zero-order valence-electron chi connectivity index (χ0n) is 13.0. The minimum absolute atomic E-state index is 0.0630. The highest BCUT2D eigenvalue weighted by molar-refractivity contribution is 7.99. The van der Waals surface area contributed by atoms with Crippen molar-refractivity contribution in [2.75, 3.05) is 18.9 Å². The first-order valence-corrected chi connectivity index (χ1v) is 9.03. The quantitative estimate of drug-likeness (QED) is 0.846. The van der Waals surface area contributed by atoms with Crippen LogP contribution in [-0.4, -0.2) is 40.7 Å². The Bertz CT molecular complexity index is 624. The minimum atomic E-state index is 0.0630. The number of aromatic nitrogens is 2. The molecule has 0 radical (unpaired) electrons. The van der Waals surface area contributed by atoms with Gasteiger partial charge in [0.15, 0.2) is 0 Å². The van der Waals surface area contributed by atoms with Crippen molar-refractivity contribution in [2.45, 2.75) is 24.7 Å². The van der Waals surface area contributed by atoms with Gasteiger partial charge in [-0.25, -0.2) is 4.68 Å². The van der Waals surface area contributed by atoms with Crippen molar-refractivity contribution >= 4 is 17.7 Å². The molecule has 1 unspecified atom stereocenters. The Hall–Kier alpha value is -1.79. The summed E-state index contributed by atoms with van der Waals surface area (Å²) in [6, 6.07) is 12.0. The number of hydrogen-bond donors (Lipinski definition) is 1. The van der Waals surface area contributed by atoms with E-state index in [1.807, 2.05) is 47.3 Å². The highest BCUT2D eigenvalue weighted by Crippen LogP contribution is 2.13. The normalized spacial score (nSPS) is 17.3. The molecule has 1 atom stereocenters. The summed E-state index contributed by atoms with van der Waals surface area (Å²) in [6.07, 6.45) is 4.29. The molecule has 1 amide bonds. The molecule has 1 aliphatic rings. The molecule has 1 fully saturated rings. The standard InChI is InChI=1S/C17H21N3O2S/c21-17(18-11-16-7-4-10-22-16)13-23-12-14-8-9-20(19-14)15-5-2-1-3-6-15/h1-3,5-6,8-9,16H,4,7,10-13H2,(H,18,21).